The third-order valence-electron chi connectivity index (χ3n) is 6.68. The van der Waals surface area contributed by atoms with Crippen molar-refractivity contribution in [3.63, 3.8) is 0 Å². The lowest BCUT2D eigenvalue weighted by Gasteiger charge is -2.29. The topological polar surface area (TPSA) is 112 Å². The van der Waals surface area contributed by atoms with Crippen molar-refractivity contribution < 1.29 is 9.53 Å². The summed E-state index contributed by atoms with van der Waals surface area (Å²) in [6, 6.07) is 4.28. The largest absolute Gasteiger partial charge is 0.446 e. The van der Waals surface area contributed by atoms with E-state index in [1.54, 1.807) is 11.1 Å². The van der Waals surface area contributed by atoms with Gasteiger partial charge in [-0.15, -0.1) is 10.2 Å². The SMILES string of the molecule is CC[C@@H]1C[C@H](OC(=O)N2CCC(C#N)CC2)C[C@@H]1c1nnc2cnc3[nH]ccc3n12. The van der Waals surface area contributed by atoms with Crippen LogP contribution in [-0.2, 0) is 4.74 Å². The minimum absolute atomic E-state index is 0.0513. The fourth-order valence-corrected chi connectivity index (χ4v) is 4.98. The van der Waals surface area contributed by atoms with E-state index >= 15 is 0 Å². The molecule has 9 heteroatoms. The van der Waals surface area contributed by atoms with Crippen molar-refractivity contribution in [1.82, 2.24) is 29.5 Å². The lowest BCUT2D eigenvalue weighted by Crippen LogP contribution is -2.39. The monoisotopic (exact) mass is 407 g/mol. The van der Waals surface area contributed by atoms with E-state index in [-0.39, 0.29) is 24.0 Å². The van der Waals surface area contributed by atoms with Crippen LogP contribution < -0.4 is 0 Å². The van der Waals surface area contributed by atoms with Gasteiger partial charge in [-0.3, -0.25) is 4.40 Å². The summed E-state index contributed by atoms with van der Waals surface area (Å²) in [6.45, 7) is 3.36. The highest BCUT2D eigenvalue weighted by Gasteiger charge is 2.40. The molecule has 0 unspecified atom stereocenters. The number of amides is 1. The van der Waals surface area contributed by atoms with Crippen molar-refractivity contribution in [3.05, 3.63) is 24.3 Å². The molecular weight excluding hydrogens is 382 g/mol. The molecule has 3 aromatic rings. The molecule has 1 saturated heterocycles. The Hall–Kier alpha value is -3.15. The molecule has 0 aromatic carbocycles. The molecule has 4 heterocycles. The first kappa shape index (κ1) is 18.9. The van der Waals surface area contributed by atoms with Crippen LogP contribution in [0.2, 0.25) is 0 Å². The molecule has 1 aliphatic carbocycles. The van der Waals surface area contributed by atoms with Crippen molar-refractivity contribution in [3.8, 4) is 6.07 Å². The minimum atomic E-state index is -0.254. The number of piperidine rings is 1. The summed E-state index contributed by atoms with van der Waals surface area (Å²) < 4.78 is 7.97. The maximum Gasteiger partial charge on any atom is 0.410 e. The number of likely N-dealkylation sites (tertiary alicyclic amines) is 1. The second kappa shape index (κ2) is 7.59. The Labute approximate surface area is 174 Å². The number of rotatable bonds is 3. The molecule has 0 radical (unpaired) electrons. The summed E-state index contributed by atoms with van der Waals surface area (Å²) in [4.78, 5) is 21.9. The van der Waals surface area contributed by atoms with E-state index in [1.807, 2.05) is 12.3 Å². The van der Waals surface area contributed by atoms with Gasteiger partial charge in [-0.1, -0.05) is 13.3 Å². The lowest BCUT2D eigenvalue weighted by atomic mass is 9.93. The first-order valence-corrected chi connectivity index (χ1v) is 10.7. The average Bonchev–Trinajstić information content (AvgIpc) is 3.50. The molecule has 2 fully saturated rings. The summed E-state index contributed by atoms with van der Waals surface area (Å²) in [5.74, 6) is 1.52. The van der Waals surface area contributed by atoms with Gasteiger partial charge >= 0.3 is 6.09 Å². The normalized spacial score (nSPS) is 25.1. The summed E-state index contributed by atoms with van der Waals surface area (Å²) in [7, 11) is 0. The number of carbonyl (C=O) groups is 1. The van der Waals surface area contributed by atoms with Gasteiger partial charge in [0, 0.05) is 31.1 Å². The fraction of sp³-hybridized carbons (Fsp3) is 0.571. The smallest absolute Gasteiger partial charge is 0.410 e. The van der Waals surface area contributed by atoms with Gasteiger partial charge in [-0.05, 0) is 37.7 Å². The van der Waals surface area contributed by atoms with Crippen molar-refractivity contribution >= 4 is 22.9 Å². The Morgan fingerprint density at radius 2 is 2.17 bits per heavy atom. The number of nitrogens with zero attached hydrogens (tertiary/aromatic N) is 6. The van der Waals surface area contributed by atoms with Crippen LogP contribution in [0.1, 0.15) is 50.8 Å². The van der Waals surface area contributed by atoms with Crippen molar-refractivity contribution in [2.75, 3.05) is 13.1 Å². The molecule has 30 heavy (non-hydrogen) atoms. The number of nitriles is 1. The van der Waals surface area contributed by atoms with Crippen LogP contribution in [-0.4, -0.2) is 54.8 Å². The van der Waals surface area contributed by atoms with Gasteiger partial charge in [0.15, 0.2) is 11.3 Å². The first-order valence-electron chi connectivity index (χ1n) is 10.7. The van der Waals surface area contributed by atoms with Crippen LogP contribution in [0, 0.1) is 23.2 Å². The van der Waals surface area contributed by atoms with Crippen LogP contribution >= 0.6 is 0 Å². The number of aromatic nitrogens is 5. The molecule has 0 bridgehead atoms. The highest BCUT2D eigenvalue weighted by atomic mass is 16.6. The number of carbonyl (C=O) groups excluding carboxylic acids is 1. The number of hydrogen-bond acceptors (Lipinski definition) is 6. The van der Waals surface area contributed by atoms with Crippen LogP contribution in [0.15, 0.2) is 18.5 Å². The maximum atomic E-state index is 12.7. The number of ether oxygens (including phenoxy) is 1. The molecule has 1 N–H and O–H groups in total. The van der Waals surface area contributed by atoms with Crippen molar-refractivity contribution in [2.24, 2.45) is 11.8 Å². The quantitative estimate of drug-likeness (QED) is 0.713. The van der Waals surface area contributed by atoms with E-state index in [9.17, 15) is 4.79 Å². The van der Waals surface area contributed by atoms with E-state index in [4.69, 9.17) is 10.00 Å². The van der Waals surface area contributed by atoms with E-state index in [0.29, 0.717) is 19.0 Å². The van der Waals surface area contributed by atoms with Crippen LogP contribution in [0.25, 0.3) is 16.8 Å². The summed E-state index contributed by atoms with van der Waals surface area (Å²) in [5.41, 5.74) is 2.49. The zero-order chi connectivity index (χ0) is 20.7. The van der Waals surface area contributed by atoms with Gasteiger partial charge in [0.1, 0.15) is 11.9 Å². The maximum absolute atomic E-state index is 12.7. The van der Waals surface area contributed by atoms with Crippen LogP contribution in [0.3, 0.4) is 0 Å². The Balaban J connectivity index is 1.34. The lowest BCUT2D eigenvalue weighted by molar-refractivity contribution is 0.0558. The van der Waals surface area contributed by atoms with Crippen LogP contribution in [0.4, 0.5) is 4.79 Å². The average molecular weight is 407 g/mol. The second-order valence-electron chi connectivity index (χ2n) is 8.36. The number of aromatic amines is 1. The fourth-order valence-electron chi connectivity index (χ4n) is 4.98. The van der Waals surface area contributed by atoms with Crippen molar-refractivity contribution in [2.45, 2.75) is 51.0 Å². The Morgan fingerprint density at radius 1 is 1.33 bits per heavy atom. The molecule has 1 amide bonds. The zero-order valence-corrected chi connectivity index (χ0v) is 17.0. The summed E-state index contributed by atoms with van der Waals surface area (Å²) >= 11 is 0. The molecule has 3 aromatic heterocycles. The van der Waals surface area contributed by atoms with Gasteiger partial charge in [-0.2, -0.15) is 5.26 Å². The van der Waals surface area contributed by atoms with Crippen molar-refractivity contribution in [1.29, 1.82) is 5.26 Å². The molecular formula is C21H25N7O2. The zero-order valence-electron chi connectivity index (χ0n) is 17.0. The number of nitrogens with one attached hydrogen (secondary N) is 1. The molecule has 156 valence electrons. The molecule has 2 aliphatic rings. The highest BCUT2D eigenvalue weighted by molar-refractivity contribution is 5.74. The third kappa shape index (κ3) is 3.16. The first-order chi connectivity index (χ1) is 14.7. The highest BCUT2D eigenvalue weighted by Crippen LogP contribution is 2.42. The minimum Gasteiger partial charge on any atom is -0.446 e. The number of fused-ring (bicyclic) bond motifs is 3. The van der Waals surface area contributed by atoms with Crippen LogP contribution in [0.5, 0.6) is 0 Å². The molecule has 9 nitrogen and oxygen atoms in total. The van der Waals surface area contributed by atoms with Gasteiger partial charge in [0.2, 0.25) is 0 Å². The Morgan fingerprint density at radius 3 is 2.93 bits per heavy atom. The van der Waals surface area contributed by atoms with Gasteiger partial charge < -0.3 is 14.6 Å². The summed E-state index contributed by atoms with van der Waals surface area (Å²) in [5, 5.41) is 17.9. The van der Waals surface area contributed by atoms with Gasteiger partial charge in [0.05, 0.1) is 17.8 Å². The van der Waals surface area contributed by atoms with E-state index < -0.39 is 0 Å². The number of H-pyrrole nitrogens is 1. The molecule has 1 saturated carbocycles. The van der Waals surface area contributed by atoms with Gasteiger partial charge in [0.25, 0.3) is 0 Å². The molecule has 5 rings (SSSR count). The second-order valence-corrected chi connectivity index (χ2v) is 8.36. The van der Waals surface area contributed by atoms with E-state index in [2.05, 4.69) is 37.6 Å². The molecule has 1 aliphatic heterocycles. The Bertz CT molecular complexity index is 1110. The Kier molecular flexibility index (Phi) is 4.77. The standard InChI is InChI=1S/C21H25N7O2/c1-2-14-9-15(30-21(29)27-7-4-13(11-22)5-8-27)10-16(14)20-26-25-18-12-24-19-17(28(18)20)3-6-23-19/h3,6,12-16,23H,2,4-5,7-10H2,1H3/t14-,15+,16+/m1/s1. The molecule has 0 spiro atoms. The predicted octanol–water partition coefficient (Wildman–Crippen LogP) is 3.25. The third-order valence-corrected chi connectivity index (χ3v) is 6.68. The summed E-state index contributed by atoms with van der Waals surface area (Å²) in [6.07, 6.45) is 7.23. The molecule has 3 atom stereocenters. The number of hydrogen-bond donors (Lipinski definition) is 1. The van der Waals surface area contributed by atoms with E-state index in [0.717, 1.165) is 54.7 Å². The van der Waals surface area contributed by atoms with E-state index in [1.165, 1.54) is 0 Å². The van der Waals surface area contributed by atoms with Gasteiger partial charge in [-0.25, -0.2) is 9.78 Å². The predicted molar refractivity (Wildman–Crippen MR) is 109 cm³/mol.